The molecule has 0 unspecified atom stereocenters. The van der Waals surface area contributed by atoms with E-state index in [2.05, 4.69) is 146 Å². The predicted octanol–water partition coefficient (Wildman–Crippen LogP) is 11.1. The number of hydrogen-bond donors (Lipinski definition) is 0. The zero-order valence-electron chi connectivity index (χ0n) is 21.9. The van der Waals surface area contributed by atoms with Crippen molar-refractivity contribution in [3.8, 4) is 55.6 Å². The van der Waals surface area contributed by atoms with E-state index < -0.39 is 0 Å². The SMILES string of the molecule is C1=Cc2ccc3c4c(ccc1c24)-c1c-3c(-c2ccccc2)c2cc(-c3ccccc3)ccc2c1-c1ccccc1. The molecule has 0 radical (unpaired) electrons. The van der Waals surface area contributed by atoms with Gasteiger partial charge in [0.05, 0.1) is 0 Å². The van der Waals surface area contributed by atoms with Gasteiger partial charge in [-0.3, -0.25) is 0 Å². The standard InChI is InChI=1S/C40H24/c1-4-10-25(11-5-1)30-20-21-31-34(24-30)37(27-14-8-3-9-15-27)40-33-23-19-29-17-16-28-18-22-32(38(33)35(28)29)39(40)36(31)26-12-6-2-7-13-26/h1-24H. The summed E-state index contributed by atoms with van der Waals surface area (Å²) in [6.45, 7) is 0. The van der Waals surface area contributed by atoms with Crippen LogP contribution in [0, 0.1) is 0 Å². The van der Waals surface area contributed by atoms with Crippen molar-refractivity contribution in [2.75, 3.05) is 0 Å². The summed E-state index contributed by atoms with van der Waals surface area (Å²) in [6.07, 6.45) is 4.53. The van der Waals surface area contributed by atoms with Gasteiger partial charge < -0.3 is 0 Å². The Kier molecular flexibility index (Phi) is 4.42. The van der Waals surface area contributed by atoms with Crippen LogP contribution in [0.5, 0.6) is 0 Å². The maximum atomic E-state index is 2.42. The second kappa shape index (κ2) is 8.15. The van der Waals surface area contributed by atoms with E-state index in [4.69, 9.17) is 0 Å². The van der Waals surface area contributed by atoms with Crippen LogP contribution < -0.4 is 0 Å². The highest BCUT2D eigenvalue weighted by atomic mass is 14.3. The molecular formula is C40H24. The maximum Gasteiger partial charge on any atom is -0.000740 e. The van der Waals surface area contributed by atoms with E-state index in [0.29, 0.717) is 0 Å². The topological polar surface area (TPSA) is 0 Å². The predicted molar refractivity (Wildman–Crippen MR) is 171 cm³/mol. The van der Waals surface area contributed by atoms with Gasteiger partial charge in [-0.25, -0.2) is 0 Å². The van der Waals surface area contributed by atoms with Gasteiger partial charge in [-0.1, -0.05) is 140 Å². The lowest BCUT2D eigenvalue weighted by Gasteiger charge is -2.21. The molecule has 0 N–H and O–H groups in total. The average Bonchev–Trinajstić information content (AvgIpc) is 3.59. The smallest absolute Gasteiger partial charge is 0.000740 e. The Morgan fingerprint density at radius 1 is 0.300 bits per heavy atom. The number of fused-ring (bicyclic) bond motifs is 4. The lowest BCUT2D eigenvalue weighted by atomic mass is 9.82. The van der Waals surface area contributed by atoms with Gasteiger partial charge in [0, 0.05) is 0 Å². The molecular weight excluding hydrogens is 480 g/mol. The molecule has 0 amide bonds. The first-order valence-corrected chi connectivity index (χ1v) is 14.0. The fourth-order valence-corrected chi connectivity index (χ4v) is 7.07. The minimum absolute atomic E-state index is 1.24. The lowest BCUT2D eigenvalue weighted by molar-refractivity contribution is 1.61. The molecule has 0 fully saturated rings. The third kappa shape index (κ3) is 2.91. The molecule has 0 bridgehead atoms. The second-order valence-corrected chi connectivity index (χ2v) is 10.8. The minimum atomic E-state index is 1.24. The van der Waals surface area contributed by atoms with Crippen LogP contribution in [0.1, 0.15) is 11.1 Å². The molecule has 0 saturated heterocycles. The van der Waals surface area contributed by atoms with Gasteiger partial charge in [-0.2, -0.15) is 0 Å². The van der Waals surface area contributed by atoms with Crippen LogP contribution in [0.2, 0.25) is 0 Å². The summed E-state index contributed by atoms with van der Waals surface area (Å²) >= 11 is 0. The molecule has 2 aliphatic carbocycles. The molecule has 0 aromatic heterocycles. The van der Waals surface area contributed by atoms with Gasteiger partial charge in [0.2, 0.25) is 0 Å². The summed E-state index contributed by atoms with van der Waals surface area (Å²) in [4.78, 5) is 0. The Morgan fingerprint density at radius 3 is 1.35 bits per heavy atom. The molecule has 7 aromatic carbocycles. The van der Waals surface area contributed by atoms with Crippen LogP contribution in [0.15, 0.2) is 133 Å². The number of benzene rings is 7. The lowest BCUT2D eigenvalue weighted by Crippen LogP contribution is -1.94. The van der Waals surface area contributed by atoms with Gasteiger partial charge in [0.15, 0.2) is 0 Å². The van der Waals surface area contributed by atoms with E-state index >= 15 is 0 Å². The summed E-state index contributed by atoms with van der Waals surface area (Å²) in [5, 5.41) is 5.37. The number of rotatable bonds is 3. The molecule has 0 nitrogen and oxygen atoms in total. The van der Waals surface area contributed by atoms with E-state index in [1.54, 1.807) is 0 Å². The van der Waals surface area contributed by atoms with Gasteiger partial charge in [-0.05, 0) is 94.4 Å². The van der Waals surface area contributed by atoms with Crippen molar-refractivity contribution >= 4 is 33.7 Å². The van der Waals surface area contributed by atoms with Gasteiger partial charge >= 0.3 is 0 Å². The van der Waals surface area contributed by atoms with E-state index in [9.17, 15) is 0 Å². The number of hydrogen-bond acceptors (Lipinski definition) is 0. The zero-order chi connectivity index (χ0) is 26.2. The Labute approximate surface area is 233 Å². The van der Waals surface area contributed by atoms with Crippen LogP contribution in [-0.2, 0) is 0 Å². The molecule has 184 valence electrons. The molecule has 9 rings (SSSR count). The van der Waals surface area contributed by atoms with Crippen molar-refractivity contribution in [2.45, 2.75) is 0 Å². The highest BCUT2D eigenvalue weighted by Gasteiger charge is 2.32. The fourth-order valence-electron chi connectivity index (χ4n) is 7.07. The van der Waals surface area contributed by atoms with E-state index in [1.165, 1.54) is 88.3 Å². The first-order chi connectivity index (χ1) is 19.9. The van der Waals surface area contributed by atoms with Crippen molar-refractivity contribution < 1.29 is 0 Å². The quantitative estimate of drug-likeness (QED) is 0.224. The first-order valence-electron chi connectivity index (χ1n) is 14.0. The van der Waals surface area contributed by atoms with Crippen LogP contribution in [0.4, 0.5) is 0 Å². The summed E-state index contributed by atoms with van der Waals surface area (Å²) in [5.41, 5.74) is 15.7. The van der Waals surface area contributed by atoms with E-state index in [0.717, 1.165) is 0 Å². The fraction of sp³-hybridized carbons (Fsp3) is 0. The van der Waals surface area contributed by atoms with Gasteiger partial charge in [-0.15, -0.1) is 0 Å². The molecule has 0 spiro atoms. The normalized spacial score (nSPS) is 12.4. The molecule has 0 saturated carbocycles. The molecule has 0 aliphatic heterocycles. The largest absolute Gasteiger partial charge is 0.0622 e. The maximum absolute atomic E-state index is 2.42. The monoisotopic (exact) mass is 504 g/mol. The molecule has 2 aliphatic rings. The summed E-state index contributed by atoms with van der Waals surface area (Å²) in [5.74, 6) is 0. The zero-order valence-corrected chi connectivity index (χ0v) is 21.9. The average molecular weight is 505 g/mol. The van der Waals surface area contributed by atoms with Crippen molar-refractivity contribution in [2.24, 2.45) is 0 Å². The second-order valence-electron chi connectivity index (χ2n) is 10.8. The summed E-state index contributed by atoms with van der Waals surface area (Å²) in [6, 6.07) is 49.1. The van der Waals surface area contributed by atoms with Crippen LogP contribution in [0.25, 0.3) is 89.3 Å². The van der Waals surface area contributed by atoms with Gasteiger partial charge in [0.25, 0.3) is 0 Å². The van der Waals surface area contributed by atoms with Gasteiger partial charge in [0.1, 0.15) is 0 Å². The highest BCUT2D eigenvalue weighted by molar-refractivity contribution is 6.29. The van der Waals surface area contributed by atoms with E-state index in [1.807, 2.05) is 0 Å². The molecule has 0 heteroatoms. The van der Waals surface area contributed by atoms with Crippen molar-refractivity contribution in [1.82, 2.24) is 0 Å². The Bertz CT molecular complexity index is 2150. The highest BCUT2D eigenvalue weighted by Crippen LogP contribution is 2.59. The Hall–Kier alpha value is -5.20. The Morgan fingerprint density at radius 2 is 0.800 bits per heavy atom. The summed E-state index contributed by atoms with van der Waals surface area (Å²) < 4.78 is 0. The first kappa shape index (κ1) is 21.7. The van der Waals surface area contributed by atoms with Crippen molar-refractivity contribution in [3.63, 3.8) is 0 Å². The molecule has 0 heterocycles. The van der Waals surface area contributed by atoms with Crippen LogP contribution in [-0.4, -0.2) is 0 Å². The minimum Gasteiger partial charge on any atom is -0.0622 e. The molecule has 0 atom stereocenters. The van der Waals surface area contributed by atoms with Crippen molar-refractivity contribution in [1.29, 1.82) is 0 Å². The van der Waals surface area contributed by atoms with Crippen LogP contribution in [0.3, 0.4) is 0 Å². The molecule has 40 heavy (non-hydrogen) atoms. The van der Waals surface area contributed by atoms with E-state index in [-0.39, 0.29) is 0 Å². The van der Waals surface area contributed by atoms with Crippen LogP contribution >= 0.6 is 0 Å². The third-order valence-corrected chi connectivity index (χ3v) is 8.75. The molecule has 7 aromatic rings. The summed E-state index contributed by atoms with van der Waals surface area (Å²) in [7, 11) is 0. The third-order valence-electron chi connectivity index (χ3n) is 8.75. The Balaban J connectivity index is 1.52. The van der Waals surface area contributed by atoms with Crippen molar-refractivity contribution in [3.05, 3.63) is 145 Å².